The molecular formula is C16H19NOS. The number of rotatable bonds is 6. The van der Waals surface area contributed by atoms with Crippen molar-refractivity contribution in [2.24, 2.45) is 0 Å². The summed E-state index contributed by atoms with van der Waals surface area (Å²) >= 11 is 1.82. The van der Waals surface area contributed by atoms with Crippen LogP contribution in [0.5, 0.6) is 5.75 Å². The van der Waals surface area contributed by atoms with Crippen molar-refractivity contribution in [3.63, 3.8) is 0 Å². The topological polar surface area (TPSA) is 21.3 Å². The quantitative estimate of drug-likeness (QED) is 0.864. The van der Waals surface area contributed by atoms with Gasteiger partial charge in [-0.3, -0.25) is 0 Å². The number of benzene rings is 1. The van der Waals surface area contributed by atoms with Crippen LogP contribution in [0.25, 0.3) is 0 Å². The third-order valence-corrected chi connectivity index (χ3v) is 4.34. The van der Waals surface area contributed by atoms with Crippen LogP contribution >= 0.6 is 11.3 Å². The minimum Gasteiger partial charge on any atom is -0.490 e. The molecule has 0 aliphatic heterocycles. The van der Waals surface area contributed by atoms with Crippen LogP contribution in [0.15, 0.2) is 41.8 Å². The van der Waals surface area contributed by atoms with Crippen LogP contribution in [-0.4, -0.2) is 13.2 Å². The molecule has 1 saturated carbocycles. The summed E-state index contributed by atoms with van der Waals surface area (Å²) in [5, 5.41) is 5.53. The first-order chi connectivity index (χ1) is 9.35. The van der Waals surface area contributed by atoms with Crippen LogP contribution < -0.4 is 10.1 Å². The highest BCUT2D eigenvalue weighted by molar-refractivity contribution is 7.09. The molecule has 1 N–H and O–H groups in total. The maximum atomic E-state index is 5.78. The van der Waals surface area contributed by atoms with E-state index in [1.54, 1.807) is 0 Å². The molecule has 1 aromatic carbocycles. The first kappa shape index (κ1) is 12.7. The third kappa shape index (κ3) is 3.37. The van der Waals surface area contributed by atoms with Crippen LogP contribution in [0, 0.1) is 0 Å². The second-order valence-corrected chi connectivity index (χ2v) is 6.04. The Morgan fingerprint density at radius 1 is 1.26 bits per heavy atom. The highest BCUT2D eigenvalue weighted by Gasteiger charge is 2.23. The van der Waals surface area contributed by atoms with Gasteiger partial charge < -0.3 is 10.1 Å². The zero-order valence-corrected chi connectivity index (χ0v) is 12.0. The Kier molecular flexibility index (Phi) is 3.85. The standard InChI is InChI=1S/C16H19NOS/c1-17-16(11-15-3-2-10-19-15)12-4-6-13(7-5-12)18-14-8-9-14/h2-7,10,14,16-17H,8-9,11H2,1H3. The molecule has 2 nitrogen and oxygen atoms in total. The van der Waals surface area contributed by atoms with Gasteiger partial charge in [-0.15, -0.1) is 11.3 Å². The minimum absolute atomic E-state index is 0.369. The molecule has 1 unspecified atom stereocenters. The van der Waals surface area contributed by atoms with E-state index >= 15 is 0 Å². The second-order valence-electron chi connectivity index (χ2n) is 5.01. The highest BCUT2D eigenvalue weighted by Crippen LogP contribution is 2.28. The van der Waals surface area contributed by atoms with E-state index in [9.17, 15) is 0 Å². The molecule has 3 heteroatoms. The summed E-state index contributed by atoms with van der Waals surface area (Å²) < 4.78 is 5.78. The molecule has 1 aromatic heterocycles. The van der Waals surface area contributed by atoms with Crippen molar-refractivity contribution in [1.29, 1.82) is 0 Å². The van der Waals surface area contributed by atoms with Crippen LogP contribution in [0.4, 0.5) is 0 Å². The molecule has 1 fully saturated rings. The molecule has 1 aliphatic rings. The van der Waals surface area contributed by atoms with Crippen LogP contribution in [0.2, 0.25) is 0 Å². The van der Waals surface area contributed by atoms with Gasteiger partial charge >= 0.3 is 0 Å². The van der Waals surface area contributed by atoms with Gasteiger partial charge in [0.05, 0.1) is 6.10 Å². The minimum atomic E-state index is 0.369. The van der Waals surface area contributed by atoms with E-state index in [-0.39, 0.29) is 0 Å². The van der Waals surface area contributed by atoms with Gasteiger partial charge in [-0.2, -0.15) is 0 Å². The summed E-state index contributed by atoms with van der Waals surface area (Å²) in [6.07, 6.45) is 3.92. The Morgan fingerprint density at radius 3 is 2.63 bits per heavy atom. The Balaban J connectivity index is 1.67. The fourth-order valence-corrected chi connectivity index (χ4v) is 2.93. The average molecular weight is 273 g/mol. The summed E-state index contributed by atoms with van der Waals surface area (Å²) in [7, 11) is 2.02. The van der Waals surface area contributed by atoms with E-state index in [4.69, 9.17) is 4.74 Å². The molecule has 1 aliphatic carbocycles. The molecule has 19 heavy (non-hydrogen) atoms. The summed E-state index contributed by atoms with van der Waals surface area (Å²) in [5.41, 5.74) is 1.32. The predicted octanol–water partition coefficient (Wildman–Crippen LogP) is 3.79. The Labute approximate surface area is 118 Å². The third-order valence-electron chi connectivity index (χ3n) is 3.44. The van der Waals surface area contributed by atoms with Crippen molar-refractivity contribution >= 4 is 11.3 Å². The fraction of sp³-hybridized carbons (Fsp3) is 0.375. The Bertz CT molecular complexity index is 502. The SMILES string of the molecule is CNC(Cc1cccs1)c1ccc(OC2CC2)cc1. The maximum Gasteiger partial charge on any atom is 0.119 e. The van der Waals surface area contributed by atoms with Crippen molar-refractivity contribution in [2.45, 2.75) is 31.4 Å². The number of thiophene rings is 1. The van der Waals surface area contributed by atoms with Crippen molar-refractivity contribution < 1.29 is 4.74 Å². The zero-order chi connectivity index (χ0) is 13.1. The molecule has 1 heterocycles. The zero-order valence-electron chi connectivity index (χ0n) is 11.1. The van der Waals surface area contributed by atoms with Crippen LogP contribution in [0.3, 0.4) is 0 Å². The lowest BCUT2D eigenvalue weighted by molar-refractivity contribution is 0.303. The highest BCUT2D eigenvalue weighted by atomic mass is 32.1. The average Bonchev–Trinajstić information content (AvgIpc) is 3.10. The molecule has 1 atom stereocenters. The smallest absolute Gasteiger partial charge is 0.119 e. The van der Waals surface area contributed by atoms with Gasteiger partial charge in [0.25, 0.3) is 0 Å². The number of ether oxygens (including phenoxy) is 1. The predicted molar refractivity (Wildman–Crippen MR) is 79.9 cm³/mol. The maximum absolute atomic E-state index is 5.78. The Hall–Kier alpha value is -1.32. The van der Waals surface area contributed by atoms with E-state index in [2.05, 4.69) is 47.1 Å². The normalized spacial score (nSPS) is 16.3. The summed E-state index contributed by atoms with van der Waals surface area (Å²) in [4.78, 5) is 1.41. The number of likely N-dealkylation sites (N-methyl/N-ethyl adjacent to an activating group) is 1. The first-order valence-electron chi connectivity index (χ1n) is 6.81. The molecule has 2 aromatic rings. The molecule has 0 spiro atoms. The molecule has 0 bridgehead atoms. The van der Waals surface area contributed by atoms with Gasteiger partial charge in [0.15, 0.2) is 0 Å². The summed E-state index contributed by atoms with van der Waals surface area (Å²) in [5.74, 6) is 0.997. The van der Waals surface area contributed by atoms with Gasteiger partial charge in [0.1, 0.15) is 5.75 Å². The van der Waals surface area contributed by atoms with Gasteiger partial charge in [-0.1, -0.05) is 18.2 Å². The van der Waals surface area contributed by atoms with Crippen molar-refractivity contribution in [1.82, 2.24) is 5.32 Å². The van der Waals surface area contributed by atoms with E-state index in [0.29, 0.717) is 12.1 Å². The van der Waals surface area contributed by atoms with E-state index in [1.165, 1.54) is 23.3 Å². The monoisotopic (exact) mass is 273 g/mol. The largest absolute Gasteiger partial charge is 0.490 e. The van der Waals surface area contributed by atoms with E-state index in [0.717, 1.165) is 12.2 Å². The lowest BCUT2D eigenvalue weighted by atomic mass is 10.0. The van der Waals surface area contributed by atoms with Crippen LogP contribution in [0.1, 0.15) is 29.3 Å². The summed E-state index contributed by atoms with van der Waals surface area (Å²) in [6, 6.07) is 13.2. The molecule has 0 saturated heterocycles. The van der Waals surface area contributed by atoms with Gasteiger partial charge in [-0.05, 0) is 49.0 Å². The Morgan fingerprint density at radius 2 is 2.05 bits per heavy atom. The molecule has 3 rings (SSSR count). The van der Waals surface area contributed by atoms with Crippen LogP contribution in [-0.2, 0) is 6.42 Å². The second kappa shape index (κ2) is 5.76. The molecule has 100 valence electrons. The number of hydrogen-bond acceptors (Lipinski definition) is 3. The van der Waals surface area contributed by atoms with E-state index in [1.807, 2.05) is 18.4 Å². The van der Waals surface area contributed by atoms with Gasteiger partial charge in [0.2, 0.25) is 0 Å². The van der Waals surface area contributed by atoms with E-state index < -0.39 is 0 Å². The lowest BCUT2D eigenvalue weighted by Crippen LogP contribution is -2.18. The van der Waals surface area contributed by atoms with Crippen molar-refractivity contribution in [3.05, 3.63) is 52.2 Å². The number of nitrogens with one attached hydrogen (secondary N) is 1. The van der Waals surface area contributed by atoms with Gasteiger partial charge in [-0.25, -0.2) is 0 Å². The van der Waals surface area contributed by atoms with Gasteiger partial charge in [0, 0.05) is 17.3 Å². The fourth-order valence-electron chi connectivity index (χ4n) is 2.17. The molecule has 0 amide bonds. The van der Waals surface area contributed by atoms with Crippen molar-refractivity contribution in [3.8, 4) is 5.75 Å². The first-order valence-corrected chi connectivity index (χ1v) is 7.69. The molecular weight excluding hydrogens is 254 g/mol. The number of hydrogen-bond donors (Lipinski definition) is 1. The molecule has 0 radical (unpaired) electrons. The lowest BCUT2D eigenvalue weighted by Gasteiger charge is -2.16. The summed E-state index contributed by atoms with van der Waals surface area (Å²) in [6.45, 7) is 0. The van der Waals surface area contributed by atoms with Crippen molar-refractivity contribution in [2.75, 3.05) is 7.05 Å².